The Morgan fingerprint density at radius 2 is 1.71 bits per heavy atom. The first-order chi connectivity index (χ1) is 16.5. The van der Waals surface area contributed by atoms with Crippen molar-refractivity contribution in [2.75, 3.05) is 5.32 Å². The number of nitrogens with zero attached hydrogens (tertiary/aromatic N) is 3. The first-order valence-electron chi connectivity index (χ1n) is 11.9. The van der Waals surface area contributed by atoms with E-state index in [4.69, 9.17) is 0 Å². The fourth-order valence-corrected chi connectivity index (χ4v) is 4.69. The van der Waals surface area contributed by atoms with Gasteiger partial charge in [0.1, 0.15) is 11.6 Å². The normalized spacial score (nSPS) is 13.9. The van der Waals surface area contributed by atoms with Crippen LogP contribution < -0.4 is 5.32 Å². The van der Waals surface area contributed by atoms with E-state index in [2.05, 4.69) is 19.9 Å². The van der Waals surface area contributed by atoms with Crippen LogP contribution in [0.15, 0.2) is 67.3 Å². The van der Waals surface area contributed by atoms with Gasteiger partial charge in [-0.25, -0.2) is 9.37 Å². The van der Waals surface area contributed by atoms with Crippen LogP contribution >= 0.6 is 0 Å². The third-order valence-corrected chi connectivity index (χ3v) is 6.32. The molecular formula is C28H31FN4O. The van der Waals surface area contributed by atoms with E-state index in [0.717, 1.165) is 34.5 Å². The molecule has 0 radical (unpaired) electrons. The molecule has 34 heavy (non-hydrogen) atoms. The summed E-state index contributed by atoms with van der Waals surface area (Å²) in [5, 5.41) is 2.81. The monoisotopic (exact) mass is 458 g/mol. The second kappa shape index (κ2) is 11.1. The highest BCUT2D eigenvalue weighted by Crippen LogP contribution is 2.35. The predicted octanol–water partition coefficient (Wildman–Crippen LogP) is 6.72. The number of pyridine rings is 1. The third kappa shape index (κ3) is 5.87. The molecule has 4 rings (SSSR count). The highest BCUT2D eigenvalue weighted by atomic mass is 19.1. The molecule has 1 N–H and O–H groups in total. The average Bonchev–Trinajstić information content (AvgIpc) is 2.90. The Morgan fingerprint density at radius 3 is 2.38 bits per heavy atom. The first kappa shape index (κ1) is 23.6. The summed E-state index contributed by atoms with van der Waals surface area (Å²) in [5.41, 5.74) is 4.92. The number of carbonyl (C=O) groups is 1. The Bertz CT molecular complexity index is 1180. The van der Waals surface area contributed by atoms with Gasteiger partial charge in [0.2, 0.25) is 5.91 Å². The lowest BCUT2D eigenvalue weighted by atomic mass is 9.89. The summed E-state index contributed by atoms with van der Waals surface area (Å²) in [5.74, 6) is 0.573. The summed E-state index contributed by atoms with van der Waals surface area (Å²) in [6.07, 6.45) is 11.5. The molecule has 2 aromatic heterocycles. The quantitative estimate of drug-likeness (QED) is 0.461. The van der Waals surface area contributed by atoms with E-state index in [0.29, 0.717) is 11.7 Å². The molecule has 1 fully saturated rings. The molecule has 1 aromatic carbocycles. The Labute approximate surface area is 200 Å². The van der Waals surface area contributed by atoms with Gasteiger partial charge in [-0.2, -0.15) is 0 Å². The SMILES string of the molecule is CC(=O)Nc1ccc(C)c(-c2ccncc2)c(-c2ccc(F)cc2)n(CC2CCCCC2)cn1. The van der Waals surface area contributed by atoms with Crippen molar-refractivity contribution in [1.82, 2.24) is 14.5 Å². The van der Waals surface area contributed by atoms with E-state index >= 15 is 0 Å². The fraction of sp³-hybridized carbons (Fsp3) is 0.321. The largest absolute Gasteiger partial charge is 0.331 e. The van der Waals surface area contributed by atoms with Gasteiger partial charge < -0.3 is 9.88 Å². The molecular weight excluding hydrogens is 427 g/mol. The van der Waals surface area contributed by atoms with Crippen LogP contribution in [0.3, 0.4) is 0 Å². The van der Waals surface area contributed by atoms with Crippen molar-refractivity contribution >= 4 is 11.7 Å². The standard InChI is InChI=1S/C28H31FN4O/c1-20-8-13-26(32-21(2)34)31-19-33(18-22-6-4-3-5-7-22)28(24-9-11-25(29)12-10-24)27(20)23-14-16-30-17-15-23/h8-17,19,22H,3-7,18H2,1-2H3,(H,32,34). The molecule has 0 atom stereocenters. The van der Waals surface area contributed by atoms with Gasteiger partial charge in [0.25, 0.3) is 0 Å². The van der Waals surface area contributed by atoms with E-state index in [1.165, 1.54) is 51.2 Å². The van der Waals surface area contributed by atoms with Gasteiger partial charge in [-0.1, -0.05) is 25.3 Å². The van der Waals surface area contributed by atoms with Gasteiger partial charge in [0, 0.05) is 31.4 Å². The van der Waals surface area contributed by atoms with Crippen LogP contribution in [0.1, 0.15) is 44.6 Å². The molecule has 0 unspecified atom stereocenters. The van der Waals surface area contributed by atoms with Crippen LogP contribution in [-0.2, 0) is 11.3 Å². The minimum absolute atomic E-state index is 0.173. The molecule has 3 aromatic rings. The Balaban J connectivity index is 2.04. The molecule has 176 valence electrons. The van der Waals surface area contributed by atoms with Crippen LogP contribution in [-0.4, -0.2) is 20.4 Å². The minimum Gasteiger partial charge on any atom is -0.331 e. The van der Waals surface area contributed by atoms with Crippen molar-refractivity contribution in [2.24, 2.45) is 5.92 Å². The number of hydrogen-bond donors (Lipinski definition) is 1. The highest BCUT2D eigenvalue weighted by Gasteiger charge is 2.18. The number of rotatable bonds is 5. The van der Waals surface area contributed by atoms with E-state index in [1.54, 1.807) is 12.4 Å². The van der Waals surface area contributed by atoms with Gasteiger partial charge in [-0.3, -0.25) is 9.78 Å². The molecule has 6 heteroatoms. The summed E-state index contributed by atoms with van der Waals surface area (Å²) >= 11 is 0. The summed E-state index contributed by atoms with van der Waals surface area (Å²) in [6, 6.07) is 14.4. The maximum Gasteiger partial charge on any atom is 0.222 e. The molecule has 1 aliphatic carbocycles. The van der Waals surface area contributed by atoms with Crippen molar-refractivity contribution in [3.63, 3.8) is 0 Å². The Hall–Kier alpha value is -3.54. The van der Waals surface area contributed by atoms with Gasteiger partial charge in [-0.05, 0) is 84.8 Å². The number of nitrogens with one attached hydrogen (secondary N) is 1. The molecule has 2 heterocycles. The molecule has 5 nitrogen and oxygen atoms in total. The first-order valence-corrected chi connectivity index (χ1v) is 11.9. The number of carbonyl (C=O) groups excluding carboxylic acids is 1. The second-order valence-electron chi connectivity index (χ2n) is 8.95. The van der Waals surface area contributed by atoms with Gasteiger partial charge in [0.15, 0.2) is 0 Å². The minimum atomic E-state index is -0.271. The molecule has 0 aliphatic heterocycles. The lowest BCUT2D eigenvalue weighted by Crippen LogP contribution is -2.16. The highest BCUT2D eigenvalue weighted by molar-refractivity contribution is 5.87. The van der Waals surface area contributed by atoms with E-state index in [-0.39, 0.29) is 11.7 Å². The van der Waals surface area contributed by atoms with E-state index < -0.39 is 0 Å². The zero-order valence-electron chi connectivity index (χ0n) is 19.8. The lowest BCUT2D eigenvalue weighted by Gasteiger charge is -2.25. The maximum atomic E-state index is 13.9. The zero-order chi connectivity index (χ0) is 23.9. The van der Waals surface area contributed by atoms with Gasteiger partial charge in [0.05, 0.1) is 12.0 Å². The number of benzene rings is 1. The van der Waals surface area contributed by atoms with Crippen molar-refractivity contribution < 1.29 is 9.18 Å². The number of halogens is 1. The molecule has 1 amide bonds. The lowest BCUT2D eigenvalue weighted by molar-refractivity contribution is -0.114. The van der Waals surface area contributed by atoms with Gasteiger partial charge in [-0.15, -0.1) is 0 Å². The average molecular weight is 459 g/mol. The zero-order valence-corrected chi connectivity index (χ0v) is 19.8. The van der Waals surface area contributed by atoms with Crippen molar-refractivity contribution in [1.29, 1.82) is 0 Å². The number of aromatic nitrogens is 3. The molecule has 0 spiro atoms. The Morgan fingerprint density at radius 1 is 1.00 bits per heavy atom. The summed E-state index contributed by atoms with van der Waals surface area (Å²) < 4.78 is 16.1. The van der Waals surface area contributed by atoms with Crippen molar-refractivity contribution in [3.8, 4) is 22.4 Å². The van der Waals surface area contributed by atoms with Crippen LogP contribution in [0.5, 0.6) is 0 Å². The van der Waals surface area contributed by atoms with E-state index in [1.807, 2.05) is 49.6 Å². The number of aryl methyl sites for hydroxylation is 1. The predicted molar refractivity (Wildman–Crippen MR) is 134 cm³/mol. The molecule has 1 aliphatic rings. The summed E-state index contributed by atoms with van der Waals surface area (Å²) in [7, 11) is 0. The molecule has 0 bridgehead atoms. The molecule has 0 saturated heterocycles. The number of amides is 1. The van der Waals surface area contributed by atoms with Gasteiger partial charge >= 0.3 is 0 Å². The van der Waals surface area contributed by atoms with Crippen molar-refractivity contribution in [2.45, 2.75) is 52.5 Å². The second-order valence-corrected chi connectivity index (χ2v) is 8.95. The summed E-state index contributed by atoms with van der Waals surface area (Å²) in [4.78, 5) is 20.6. The number of anilines is 1. The topological polar surface area (TPSA) is 59.8 Å². The smallest absolute Gasteiger partial charge is 0.222 e. The van der Waals surface area contributed by atoms with Crippen LogP contribution in [0.25, 0.3) is 22.4 Å². The van der Waals surface area contributed by atoms with Crippen LogP contribution in [0.2, 0.25) is 0 Å². The van der Waals surface area contributed by atoms with Crippen LogP contribution in [0.4, 0.5) is 10.2 Å². The number of hydrogen-bond acceptors (Lipinski definition) is 3. The van der Waals surface area contributed by atoms with E-state index in [9.17, 15) is 9.18 Å². The maximum absolute atomic E-state index is 13.9. The van der Waals surface area contributed by atoms with Crippen LogP contribution in [0, 0.1) is 18.7 Å². The molecule has 1 saturated carbocycles. The fourth-order valence-electron chi connectivity index (χ4n) is 4.69. The summed E-state index contributed by atoms with van der Waals surface area (Å²) in [6.45, 7) is 4.32. The Kier molecular flexibility index (Phi) is 7.68. The van der Waals surface area contributed by atoms with Crippen molar-refractivity contribution in [3.05, 3.63) is 78.6 Å². The third-order valence-electron chi connectivity index (χ3n) is 6.32.